The fourth-order valence-electron chi connectivity index (χ4n) is 1.00. The number of benzene rings is 1. The van der Waals surface area contributed by atoms with E-state index < -0.39 is 5.72 Å². The molecule has 1 rings (SSSR count). The van der Waals surface area contributed by atoms with Gasteiger partial charge in [0.05, 0.1) is 5.56 Å². The molecule has 0 heterocycles. The van der Waals surface area contributed by atoms with Crippen molar-refractivity contribution in [3.05, 3.63) is 46.8 Å². The fraction of sp³-hybridized carbons (Fsp3) is 0.300. The Morgan fingerprint density at radius 2 is 2.17 bits per heavy atom. The van der Waals surface area contributed by atoms with E-state index in [0.717, 1.165) is 5.56 Å². The van der Waals surface area contributed by atoms with Crippen molar-refractivity contribution in [2.24, 2.45) is 0 Å². The van der Waals surface area contributed by atoms with E-state index in [1.54, 1.807) is 6.07 Å². The zero-order chi connectivity index (χ0) is 9.19. The van der Waals surface area contributed by atoms with Crippen LogP contribution in [0.5, 0.6) is 0 Å². The predicted octanol–water partition coefficient (Wildman–Crippen LogP) is 2.08. The molecule has 0 bridgehead atoms. The first-order valence-corrected chi connectivity index (χ1v) is 3.74. The first-order chi connectivity index (χ1) is 5.56. The molecular formula is C10H11NO. The van der Waals surface area contributed by atoms with Crippen LogP contribution in [0.4, 0.5) is 0 Å². The van der Waals surface area contributed by atoms with Gasteiger partial charge >= 0.3 is 5.72 Å². The first-order valence-electron chi connectivity index (χ1n) is 3.74. The minimum absolute atomic E-state index is 0.650. The van der Waals surface area contributed by atoms with E-state index in [1.165, 1.54) is 6.92 Å². The van der Waals surface area contributed by atoms with Crippen LogP contribution in [0.15, 0.2) is 24.3 Å². The molecule has 0 aliphatic rings. The maximum absolute atomic E-state index is 9.56. The van der Waals surface area contributed by atoms with Crippen LogP contribution >= 0.6 is 0 Å². The maximum Gasteiger partial charge on any atom is 0.358 e. The molecule has 1 aromatic rings. The van der Waals surface area contributed by atoms with Gasteiger partial charge in [-0.1, -0.05) is 17.7 Å². The van der Waals surface area contributed by atoms with Crippen molar-refractivity contribution in [3.63, 3.8) is 0 Å². The third-order valence-corrected chi connectivity index (χ3v) is 1.78. The lowest BCUT2D eigenvalue weighted by molar-refractivity contribution is 0.108. The molecule has 0 saturated carbocycles. The Morgan fingerprint density at radius 1 is 1.50 bits per heavy atom. The van der Waals surface area contributed by atoms with Crippen LogP contribution in [-0.4, -0.2) is 5.11 Å². The Bertz CT molecular complexity index is 323. The van der Waals surface area contributed by atoms with Crippen LogP contribution in [0.2, 0.25) is 0 Å². The lowest BCUT2D eigenvalue weighted by Gasteiger charge is -2.09. The van der Waals surface area contributed by atoms with Crippen LogP contribution in [0.25, 0.3) is 4.85 Å². The summed E-state index contributed by atoms with van der Waals surface area (Å²) in [6.45, 7) is 10.2. The summed E-state index contributed by atoms with van der Waals surface area (Å²) >= 11 is 0. The zero-order valence-electron chi connectivity index (χ0n) is 7.20. The van der Waals surface area contributed by atoms with Gasteiger partial charge in [0.15, 0.2) is 0 Å². The van der Waals surface area contributed by atoms with Crippen LogP contribution < -0.4 is 0 Å². The number of nitrogens with zero attached hydrogens (tertiary/aromatic N) is 1. The van der Waals surface area contributed by atoms with Crippen molar-refractivity contribution in [2.45, 2.75) is 19.6 Å². The Hall–Kier alpha value is -1.33. The highest BCUT2D eigenvalue weighted by molar-refractivity contribution is 5.28. The first kappa shape index (κ1) is 8.76. The van der Waals surface area contributed by atoms with Gasteiger partial charge in [0, 0.05) is 6.92 Å². The molecule has 0 aliphatic carbocycles. The van der Waals surface area contributed by atoms with Crippen LogP contribution in [0.1, 0.15) is 18.1 Å². The molecule has 0 fully saturated rings. The standard InChI is InChI=1S/C10H11NO/c1-8-5-4-6-9(7-8)10(2,12)11-3/h4-7,12H,1-2H3. The van der Waals surface area contributed by atoms with E-state index in [4.69, 9.17) is 6.57 Å². The van der Waals surface area contributed by atoms with Gasteiger partial charge in [-0.15, -0.1) is 0 Å². The van der Waals surface area contributed by atoms with Crippen molar-refractivity contribution in [2.75, 3.05) is 0 Å². The van der Waals surface area contributed by atoms with Gasteiger partial charge < -0.3 is 5.11 Å². The minimum atomic E-state index is -1.38. The second-order valence-corrected chi connectivity index (χ2v) is 3.00. The Balaban J connectivity index is 3.14. The quantitative estimate of drug-likeness (QED) is 0.626. The number of hydrogen-bond donors (Lipinski definition) is 1. The van der Waals surface area contributed by atoms with E-state index in [2.05, 4.69) is 4.85 Å². The van der Waals surface area contributed by atoms with Gasteiger partial charge in [0.2, 0.25) is 0 Å². The third kappa shape index (κ3) is 1.63. The molecular weight excluding hydrogens is 150 g/mol. The number of rotatable bonds is 1. The van der Waals surface area contributed by atoms with Crippen LogP contribution in [0.3, 0.4) is 0 Å². The van der Waals surface area contributed by atoms with Crippen molar-refractivity contribution < 1.29 is 5.11 Å². The molecule has 0 radical (unpaired) electrons. The summed E-state index contributed by atoms with van der Waals surface area (Å²) in [5, 5.41) is 9.56. The van der Waals surface area contributed by atoms with Crippen LogP contribution in [0, 0.1) is 13.5 Å². The molecule has 0 amide bonds. The molecule has 0 saturated heterocycles. The van der Waals surface area contributed by atoms with Crippen molar-refractivity contribution >= 4 is 0 Å². The summed E-state index contributed by atoms with van der Waals surface area (Å²) < 4.78 is 0. The highest BCUT2D eigenvalue weighted by atomic mass is 16.3. The van der Waals surface area contributed by atoms with Gasteiger partial charge in [-0.25, -0.2) is 6.57 Å². The molecule has 1 aromatic carbocycles. The average Bonchev–Trinajstić information content (AvgIpc) is 2.05. The van der Waals surface area contributed by atoms with E-state index >= 15 is 0 Å². The van der Waals surface area contributed by atoms with Gasteiger partial charge in [-0.3, -0.25) is 4.85 Å². The molecule has 1 unspecified atom stereocenters. The summed E-state index contributed by atoms with van der Waals surface area (Å²) in [5.41, 5.74) is 0.320. The number of aliphatic hydroxyl groups is 1. The lowest BCUT2D eigenvalue weighted by Crippen LogP contribution is -2.15. The van der Waals surface area contributed by atoms with E-state index in [9.17, 15) is 5.11 Å². The molecule has 0 spiro atoms. The highest BCUT2D eigenvalue weighted by Gasteiger charge is 2.28. The van der Waals surface area contributed by atoms with Gasteiger partial charge in [0.25, 0.3) is 0 Å². The second-order valence-electron chi connectivity index (χ2n) is 3.00. The molecule has 62 valence electrons. The predicted molar refractivity (Wildman–Crippen MR) is 47.4 cm³/mol. The molecule has 1 atom stereocenters. The van der Waals surface area contributed by atoms with E-state index in [-0.39, 0.29) is 0 Å². The van der Waals surface area contributed by atoms with Crippen molar-refractivity contribution in [3.8, 4) is 0 Å². The lowest BCUT2D eigenvalue weighted by atomic mass is 10.0. The molecule has 2 nitrogen and oxygen atoms in total. The summed E-state index contributed by atoms with van der Waals surface area (Å²) in [4.78, 5) is 3.14. The zero-order valence-corrected chi connectivity index (χ0v) is 7.20. The molecule has 0 aliphatic heterocycles. The topological polar surface area (TPSA) is 24.6 Å². The van der Waals surface area contributed by atoms with Gasteiger partial charge in [0.1, 0.15) is 0 Å². The van der Waals surface area contributed by atoms with E-state index in [0.29, 0.717) is 5.56 Å². The Labute approximate surface area is 72.3 Å². The number of aryl methyl sites for hydroxylation is 1. The van der Waals surface area contributed by atoms with Crippen molar-refractivity contribution in [1.29, 1.82) is 0 Å². The van der Waals surface area contributed by atoms with E-state index in [1.807, 2.05) is 25.1 Å². The molecule has 0 aromatic heterocycles. The maximum atomic E-state index is 9.56. The third-order valence-electron chi connectivity index (χ3n) is 1.78. The normalized spacial score (nSPS) is 14.8. The van der Waals surface area contributed by atoms with Crippen LogP contribution in [-0.2, 0) is 5.72 Å². The number of hydrogen-bond acceptors (Lipinski definition) is 1. The average molecular weight is 161 g/mol. The SMILES string of the molecule is [C-]#[N+]C(C)(O)c1cccc(C)c1. The molecule has 2 heteroatoms. The largest absolute Gasteiger partial charge is 0.358 e. The smallest absolute Gasteiger partial charge is 0.320 e. The second kappa shape index (κ2) is 2.96. The fourth-order valence-corrected chi connectivity index (χ4v) is 1.00. The summed E-state index contributed by atoms with van der Waals surface area (Å²) in [5.74, 6) is 0. The Kier molecular flexibility index (Phi) is 2.16. The molecule has 1 N–H and O–H groups in total. The molecule has 12 heavy (non-hydrogen) atoms. The summed E-state index contributed by atoms with van der Waals surface area (Å²) in [7, 11) is 0. The summed E-state index contributed by atoms with van der Waals surface area (Å²) in [6, 6.07) is 7.34. The monoisotopic (exact) mass is 161 g/mol. The van der Waals surface area contributed by atoms with Gasteiger partial charge in [-0.05, 0) is 19.1 Å². The highest BCUT2D eigenvalue weighted by Crippen LogP contribution is 2.22. The van der Waals surface area contributed by atoms with Gasteiger partial charge in [-0.2, -0.15) is 0 Å². The minimum Gasteiger partial charge on any atom is -0.320 e. The summed E-state index contributed by atoms with van der Waals surface area (Å²) in [6.07, 6.45) is 0. The Morgan fingerprint density at radius 3 is 2.67 bits per heavy atom. The van der Waals surface area contributed by atoms with Crippen molar-refractivity contribution in [1.82, 2.24) is 0 Å².